The molecule has 1 aliphatic heterocycles. The van der Waals surface area contributed by atoms with Gasteiger partial charge >= 0.3 is 0 Å². The van der Waals surface area contributed by atoms with Crippen LogP contribution < -0.4 is 15.8 Å². The Morgan fingerprint density at radius 1 is 1.32 bits per heavy atom. The smallest absolute Gasteiger partial charge is 0.267 e. The topological polar surface area (TPSA) is 113 Å². The molecule has 0 atom stereocenters. The van der Waals surface area contributed by atoms with Gasteiger partial charge in [-0.25, -0.2) is 4.98 Å². The van der Waals surface area contributed by atoms with Crippen molar-refractivity contribution in [3.63, 3.8) is 0 Å². The number of aromatic nitrogens is 2. The number of carbonyl (C=O) groups is 1. The number of nitrogens with one attached hydrogen (secondary N) is 1. The van der Waals surface area contributed by atoms with E-state index in [1.54, 1.807) is 24.4 Å². The molecule has 4 rings (SSSR count). The molecule has 9 nitrogen and oxygen atoms in total. The van der Waals surface area contributed by atoms with E-state index in [1.165, 1.54) is 16.7 Å². The van der Waals surface area contributed by atoms with Gasteiger partial charge in [0.25, 0.3) is 11.5 Å². The van der Waals surface area contributed by atoms with Gasteiger partial charge in [-0.05, 0) is 36.8 Å². The molecule has 1 amide bonds. The number of carbonyl (C=O) groups excluding carboxylic acids is 1. The van der Waals surface area contributed by atoms with Gasteiger partial charge in [0.2, 0.25) is 0 Å². The fraction of sp³-hybridized carbons (Fsp3) is 0.273. The lowest BCUT2D eigenvalue weighted by Crippen LogP contribution is -2.39. The SMILES string of the molecule is Cc1cccn2c(=O)c(C=C(C#N)C(=O)NCc3ccco3)c(N3CCOCC3)nc12. The molecule has 0 spiro atoms. The summed E-state index contributed by atoms with van der Waals surface area (Å²) in [6, 6.07) is 8.96. The molecule has 0 saturated carbocycles. The molecule has 1 N–H and O–H groups in total. The van der Waals surface area contributed by atoms with Crippen LogP contribution in [0.4, 0.5) is 5.82 Å². The number of fused-ring (bicyclic) bond motifs is 1. The highest BCUT2D eigenvalue weighted by Crippen LogP contribution is 2.21. The largest absolute Gasteiger partial charge is 0.467 e. The summed E-state index contributed by atoms with van der Waals surface area (Å²) in [5.74, 6) is 0.400. The summed E-state index contributed by atoms with van der Waals surface area (Å²) in [6.45, 7) is 4.14. The molecule has 158 valence electrons. The van der Waals surface area contributed by atoms with Crippen LogP contribution in [0.5, 0.6) is 0 Å². The van der Waals surface area contributed by atoms with Crippen LogP contribution in [0.25, 0.3) is 11.7 Å². The Bertz CT molecular complexity index is 1230. The van der Waals surface area contributed by atoms with E-state index in [2.05, 4.69) is 5.32 Å². The minimum absolute atomic E-state index is 0.134. The van der Waals surface area contributed by atoms with Gasteiger partial charge in [-0.3, -0.25) is 14.0 Å². The Morgan fingerprint density at radius 3 is 2.84 bits per heavy atom. The summed E-state index contributed by atoms with van der Waals surface area (Å²) in [4.78, 5) is 32.6. The van der Waals surface area contributed by atoms with Crippen LogP contribution in [0, 0.1) is 18.3 Å². The molecule has 0 bridgehead atoms. The lowest BCUT2D eigenvalue weighted by Gasteiger charge is -2.29. The van der Waals surface area contributed by atoms with Crippen molar-refractivity contribution in [2.45, 2.75) is 13.5 Å². The molecule has 31 heavy (non-hydrogen) atoms. The molecule has 9 heteroatoms. The number of pyridine rings is 1. The molecule has 0 aromatic carbocycles. The van der Waals surface area contributed by atoms with Crippen molar-refractivity contribution in [3.8, 4) is 6.07 Å². The number of hydrogen-bond donors (Lipinski definition) is 1. The molecule has 3 aromatic heterocycles. The lowest BCUT2D eigenvalue weighted by molar-refractivity contribution is -0.117. The third-order valence-electron chi connectivity index (χ3n) is 5.03. The van der Waals surface area contributed by atoms with Gasteiger partial charge in [-0.15, -0.1) is 0 Å². The molecule has 1 fully saturated rings. The molecule has 1 aliphatic rings. The van der Waals surface area contributed by atoms with Gasteiger partial charge in [0.15, 0.2) is 0 Å². The first-order chi connectivity index (χ1) is 15.1. The molecule has 3 aromatic rings. The van der Waals surface area contributed by atoms with Crippen LogP contribution in [-0.2, 0) is 16.1 Å². The third kappa shape index (κ3) is 4.20. The highest BCUT2D eigenvalue weighted by atomic mass is 16.5. The second-order valence-electron chi connectivity index (χ2n) is 7.07. The predicted octanol–water partition coefficient (Wildman–Crippen LogP) is 1.66. The van der Waals surface area contributed by atoms with Gasteiger partial charge < -0.3 is 19.4 Å². The molecule has 4 heterocycles. The van der Waals surface area contributed by atoms with E-state index < -0.39 is 5.91 Å². The van der Waals surface area contributed by atoms with Crippen molar-refractivity contribution in [2.24, 2.45) is 0 Å². The van der Waals surface area contributed by atoms with Crippen LogP contribution >= 0.6 is 0 Å². The van der Waals surface area contributed by atoms with E-state index in [4.69, 9.17) is 14.1 Å². The number of amides is 1. The number of furan rings is 1. The Hall–Kier alpha value is -3.90. The van der Waals surface area contributed by atoms with Gasteiger partial charge in [0, 0.05) is 19.3 Å². The second kappa shape index (κ2) is 8.85. The number of nitriles is 1. The van der Waals surface area contributed by atoms with Crippen LogP contribution in [0.1, 0.15) is 16.9 Å². The van der Waals surface area contributed by atoms with Crippen molar-refractivity contribution in [3.05, 3.63) is 69.5 Å². The summed E-state index contributed by atoms with van der Waals surface area (Å²) in [5, 5.41) is 12.2. The van der Waals surface area contributed by atoms with Gasteiger partial charge in [0.1, 0.15) is 28.9 Å². The zero-order valence-electron chi connectivity index (χ0n) is 17.0. The fourth-order valence-electron chi connectivity index (χ4n) is 3.41. The Labute approximate surface area is 178 Å². The number of ether oxygens (including phenoxy) is 1. The molecular formula is C22H21N5O4. The number of hydrogen-bond acceptors (Lipinski definition) is 7. The van der Waals surface area contributed by atoms with E-state index in [0.29, 0.717) is 43.5 Å². The monoisotopic (exact) mass is 419 g/mol. The van der Waals surface area contributed by atoms with Crippen molar-refractivity contribution in [1.29, 1.82) is 5.26 Å². The maximum absolute atomic E-state index is 13.3. The summed E-state index contributed by atoms with van der Waals surface area (Å²) < 4.78 is 12.0. The van der Waals surface area contributed by atoms with Crippen molar-refractivity contribution in [1.82, 2.24) is 14.7 Å². The average molecular weight is 419 g/mol. The number of aryl methyl sites for hydroxylation is 1. The Morgan fingerprint density at radius 2 is 2.13 bits per heavy atom. The van der Waals surface area contributed by atoms with Crippen LogP contribution in [0.2, 0.25) is 0 Å². The standard InChI is InChI=1S/C22H21N5O4/c1-15-4-2-6-27-19(15)25-20(26-7-10-30-11-8-26)18(22(27)29)12-16(13-23)21(28)24-14-17-5-3-9-31-17/h2-6,9,12H,7-8,10-11,14H2,1H3,(H,24,28). The minimum Gasteiger partial charge on any atom is -0.467 e. The highest BCUT2D eigenvalue weighted by molar-refractivity contribution is 6.02. The summed E-state index contributed by atoms with van der Waals surface area (Å²) >= 11 is 0. The van der Waals surface area contributed by atoms with E-state index in [-0.39, 0.29) is 23.2 Å². The zero-order chi connectivity index (χ0) is 21.8. The number of morpholine rings is 1. The summed E-state index contributed by atoms with van der Waals surface area (Å²) in [7, 11) is 0. The van der Waals surface area contributed by atoms with Crippen LogP contribution in [0.15, 0.2) is 51.5 Å². The normalized spacial score (nSPS) is 14.5. The number of rotatable bonds is 5. The van der Waals surface area contributed by atoms with Crippen LogP contribution in [0.3, 0.4) is 0 Å². The molecule has 0 unspecified atom stereocenters. The first-order valence-electron chi connectivity index (χ1n) is 9.85. The van der Waals surface area contributed by atoms with Gasteiger partial charge in [0.05, 0.1) is 31.6 Å². The lowest BCUT2D eigenvalue weighted by atomic mass is 10.1. The maximum Gasteiger partial charge on any atom is 0.267 e. The number of nitrogens with zero attached hydrogens (tertiary/aromatic N) is 4. The highest BCUT2D eigenvalue weighted by Gasteiger charge is 2.22. The molecule has 0 aliphatic carbocycles. The third-order valence-corrected chi connectivity index (χ3v) is 5.03. The molecular weight excluding hydrogens is 398 g/mol. The quantitative estimate of drug-likeness (QED) is 0.494. The van der Waals surface area contributed by atoms with E-state index in [9.17, 15) is 14.9 Å². The summed E-state index contributed by atoms with van der Waals surface area (Å²) in [5.41, 5.74) is 1.04. The first kappa shape index (κ1) is 20.4. The summed E-state index contributed by atoms with van der Waals surface area (Å²) in [6.07, 6.45) is 4.44. The second-order valence-corrected chi connectivity index (χ2v) is 7.07. The maximum atomic E-state index is 13.3. The average Bonchev–Trinajstić information content (AvgIpc) is 3.31. The van der Waals surface area contributed by atoms with E-state index in [1.807, 2.05) is 24.0 Å². The van der Waals surface area contributed by atoms with Crippen LogP contribution in [-0.4, -0.2) is 41.6 Å². The van der Waals surface area contributed by atoms with Gasteiger partial charge in [-0.2, -0.15) is 5.26 Å². The van der Waals surface area contributed by atoms with Crippen molar-refractivity contribution >= 4 is 23.4 Å². The Kier molecular flexibility index (Phi) is 5.82. The van der Waals surface area contributed by atoms with E-state index >= 15 is 0 Å². The zero-order valence-corrected chi connectivity index (χ0v) is 17.0. The van der Waals surface area contributed by atoms with Crippen molar-refractivity contribution < 1.29 is 13.9 Å². The minimum atomic E-state index is -0.597. The van der Waals surface area contributed by atoms with E-state index in [0.717, 1.165) is 5.56 Å². The first-order valence-corrected chi connectivity index (χ1v) is 9.85. The van der Waals surface area contributed by atoms with Crippen molar-refractivity contribution in [2.75, 3.05) is 31.2 Å². The Balaban J connectivity index is 1.78. The number of anilines is 1. The molecule has 1 saturated heterocycles. The molecule has 0 radical (unpaired) electrons. The fourth-order valence-corrected chi connectivity index (χ4v) is 3.41. The predicted molar refractivity (Wildman–Crippen MR) is 113 cm³/mol. The van der Waals surface area contributed by atoms with Gasteiger partial charge in [-0.1, -0.05) is 6.07 Å².